The van der Waals surface area contributed by atoms with Gasteiger partial charge in [-0.15, -0.1) is 0 Å². The fourth-order valence-electron chi connectivity index (χ4n) is 4.11. The van der Waals surface area contributed by atoms with Crippen LogP contribution in [0, 0.1) is 0 Å². The van der Waals surface area contributed by atoms with Gasteiger partial charge < -0.3 is 10.0 Å². The van der Waals surface area contributed by atoms with Gasteiger partial charge in [0, 0.05) is 18.7 Å². The van der Waals surface area contributed by atoms with E-state index in [-0.39, 0.29) is 23.4 Å². The van der Waals surface area contributed by atoms with Gasteiger partial charge in [0.15, 0.2) is 0 Å². The lowest BCUT2D eigenvalue weighted by molar-refractivity contribution is -0.133. The molecule has 1 amide bonds. The molecule has 0 spiro atoms. The average Bonchev–Trinajstić information content (AvgIpc) is 2.90. The predicted molar refractivity (Wildman–Crippen MR) is 135 cm³/mol. The van der Waals surface area contributed by atoms with Crippen molar-refractivity contribution in [3.63, 3.8) is 0 Å². The molecule has 1 fully saturated rings. The number of carbonyl (C=O) groups is 1. The summed E-state index contributed by atoms with van der Waals surface area (Å²) in [7, 11) is -2.94. The largest absolute Gasteiger partial charge is 0.400 e. The molecule has 1 saturated heterocycles. The Kier molecular flexibility index (Phi) is 9.10. The van der Waals surface area contributed by atoms with E-state index in [0.717, 1.165) is 31.9 Å². The Bertz CT molecular complexity index is 1160. The lowest BCUT2D eigenvalue weighted by Crippen LogP contribution is -2.46. The maximum atomic E-state index is 13.5. The number of carbonyl (C=O) groups excluding carboxylic acids is 1. The third-order valence-electron chi connectivity index (χ3n) is 5.73. The zero-order chi connectivity index (χ0) is 24.6. The molecule has 1 atom stereocenters. The molecule has 1 heterocycles. The third kappa shape index (κ3) is 5.97. The quantitative estimate of drug-likeness (QED) is 0.522. The van der Waals surface area contributed by atoms with E-state index < -0.39 is 10.0 Å². The second-order valence-corrected chi connectivity index (χ2v) is 10.1. The Morgan fingerprint density at radius 3 is 2.15 bits per heavy atom. The van der Waals surface area contributed by atoms with Crippen molar-refractivity contribution in [2.75, 3.05) is 24.5 Å². The number of rotatable bonds is 6. The Balaban J connectivity index is 0.00000158. The van der Waals surface area contributed by atoms with Crippen LogP contribution in [-0.2, 0) is 14.8 Å². The van der Waals surface area contributed by atoms with Gasteiger partial charge in [0.1, 0.15) is 6.54 Å². The maximum Gasteiger partial charge on any atom is 0.264 e. The first-order valence-electron chi connectivity index (χ1n) is 11.1. The summed E-state index contributed by atoms with van der Waals surface area (Å²) in [5.74, 6) is -0.215. The van der Waals surface area contributed by atoms with E-state index >= 15 is 0 Å². The van der Waals surface area contributed by atoms with Gasteiger partial charge in [-0.1, -0.05) is 60.1 Å². The molecule has 8 heteroatoms. The molecule has 0 aliphatic carbocycles. The van der Waals surface area contributed by atoms with Gasteiger partial charge in [-0.05, 0) is 61.2 Å². The minimum atomic E-state index is -3.94. The number of piperidine rings is 1. The van der Waals surface area contributed by atoms with Crippen LogP contribution >= 0.6 is 11.6 Å². The standard InChI is InChI=1S/C25H25ClN2O3S.CH4O/c26-21-14-16-22(17-15-21)28(32(30,31)23-11-5-2-6-12-23)19-25(29)27-18-8-7-13-24(27)20-9-3-1-4-10-20;1-2/h1-6,9-12,14-17,24H,7-8,13,18-19H2;2H,1H3. The van der Waals surface area contributed by atoms with Gasteiger partial charge in [0.25, 0.3) is 10.0 Å². The fourth-order valence-corrected chi connectivity index (χ4v) is 5.67. The topological polar surface area (TPSA) is 77.9 Å². The summed E-state index contributed by atoms with van der Waals surface area (Å²) in [5.41, 5.74) is 1.48. The van der Waals surface area contributed by atoms with E-state index in [0.29, 0.717) is 17.3 Å². The number of nitrogens with zero attached hydrogens (tertiary/aromatic N) is 2. The number of hydrogen-bond acceptors (Lipinski definition) is 4. The van der Waals surface area contributed by atoms with Crippen LogP contribution in [0.3, 0.4) is 0 Å². The minimum absolute atomic E-state index is 0.0519. The highest BCUT2D eigenvalue weighted by molar-refractivity contribution is 7.92. The molecule has 0 radical (unpaired) electrons. The van der Waals surface area contributed by atoms with Crippen LogP contribution in [0.5, 0.6) is 0 Å². The van der Waals surface area contributed by atoms with Crippen LogP contribution in [0.2, 0.25) is 5.02 Å². The molecule has 0 saturated carbocycles. The minimum Gasteiger partial charge on any atom is -0.400 e. The van der Waals surface area contributed by atoms with Crippen LogP contribution in [0.15, 0.2) is 89.8 Å². The highest BCUT2D eigenvalue weighted by Crippen LogP contribution is 2.32. The highest BCUT2D eigenvalue weighted by Gasteiger charge is 2.33. The molecule has 180 valence electrons. The SMILES string of the molecule is CO.O=C(CN(c1ccc(Cl)cc1)S(=O)(=O)c1ccccc1)N1CCCCC1c1ccccc1. The number of anilines is 1. The van der Waals surface area contributed by atoms with Gasteiger partial charge in [-0.3, -0.25) is 9.10 Å². The van der Waals surface area contributed by atoms with Crippen LogP contribution in [0.4, 0.5) is 5.69 Å². The summed E-state index contributed by atoms with van der Waals surface area (Å²) in [6, 6.07) is 24.6. The monoisotopic (exact) mass is 500 g/mol. The molecule has 0 bridgehead atoms. The Hall–Kier alpha value is -2.87. The molecular formula is C26H29ClN2O4S. The van der Waals surface area contributed by atoms with Crippen molar-refractivity contribution in [3.8, 4) is 0 Å². The Labute approximate surface area is 206 Å². The summed E-state index contributed by atoms with van der Waals surface area (Å²) < 4.78 is 28.2. The lowest BCUT2D eigenvalue weighted by Gasteiger charge is -2.37. The first-order chi connectivity index (χ1) is 16.5. The normalized spacial score (nSPS) is 15.7. The zero-order valence-corrected chi connectivity index (χ0v) is 20.6. The van der Waals surface area contributed by atoms with Crippen molar-refractivity contribution in [2.24, 2.45) is 0 Å². The van der Waals surface area contributed by atoms with Crippen LogP contribution in [0.25, 0.3) is 0 Å². The van der Waals surface area contributed by atoms with Crippen molar-refractivity contribution >= 4 is 33.2 Å². The molecule has 3 aromatic carbocycles. The highest BCUT2D eigenvalue weighted by atomic mass is 35.5. The molecule has 1 unspecified atom stereocenters. The molecule has 6 nitrogen and oxygen atoms in total. The number of hydrogen-bond donors (Lipinski definition) is 1. The second-order valence-electron chi connectivity index (χ2n) is 7.81. The first kappa shape index (κ1) is 25.7. The Morgan fingerprint density at radius 1 is 0.941 bits per heavy atom. The number of sulfonamides is 1. The number of halogens is 1. The fraction of sp³-hybridized carbons (Fsp3) is 0.269. The molecule has 1 N–H and O–H groups in total. The smallest absolute Gasteiger partial charge is 0.264 e. The molecular weight excluding hydrogens is 472 g/mol. The van der Waals surface area contributed by atoms with E-state index in [1.165, 1.54) is 16.4 Å². The van der Waals surface area contributed by atoms with E-state index in [4.69, 9.17) is 16.7 Å². The third-order valence-corrected chi connectivity index (χ3v) is 7.77. The summed E-state index contributed by atoms with van der Waals surface area (Å²) >= 11 is 6.02. The van der Waals surface area contributed by atoms with Crippen LogP contribution in [-0.4, -0.2) is 44.5 Å². The summed E-state index contributed by atoms with van der Waals surface area (Å²) in [6.07, 6.45) is 2.80. The molecule has 1 aliphatic rings. The number of benzene rings is 3. The van der Waals surface area contributed by atoms with Gasteiger partial charge in [-0.2, -0.15) is 0 Å². The molecule has 3 aromatic rings. The molecule has 34 heavy (non-hydrogen) atoms. The van der Waals surface area contributed by atoms with Gasteiger partial charge in [-0.25, -0.2) is 8.42 Å². The van der Waals surface area contributed by atoms with E-state index in [9.17, 15) is 13.2 Å². The van der Waals surface area contributed by atoms with E-state index in [1.807, 2.05) is 35.2 Å². The van der Waals surface area contributed by atoms with E-state index in [1.54, 1.807) is 42.5 Å². The van der Waals surface area contributed by atoms with Gasteiger partial charge in [0.05, 0.1) is 16.6 Å². The lowest BCUT2D eigenvalue weighted by atomic mass is 9.95. The van der Waals surface area contributed by atoms with Crippen LogP contribution < -0.4 is 4.31 Å². The summed E-state index contributed by atoms with van der Waals surface area (Å²) in [5, 5.41) is 7.50. The van der Waals surface area contributed by atoms with Crippen LogP contribution in [0.1, 0.15) is 30.9 Å². The van der Waals surface area contributed by atoms with Crippen molar-refractivity contribution in [2.45, 2.75) is 30.2 Å². The average molecular weight is 501 g/mol. The number of amides is 1. The molecule has 1 aliphatic heterocycles. The first-order valence-corrected chi connectivity index (χ1v) is 12.9. The molecule has 0 aromatic heterocycles. The van der Waals surface area contributed by atoms with Gasteiger partial charge in [0.2, 0.25) is 5.91 Å². The van der Waals surface area contributed by atoms with Crippen molar-refractivity contribution < 1.29 is 18.3 Å². The molecule has 4 rings (SSSR count). The second kappa shape index (κ2) is 12.0. The summed E-state index contributed by atoms with van der Waals surface area (Å²) in [4.78, 5) is 15.5. The predicted octanol–water partition coefficient (Wildman–Crippen LogP) is 4.90. The number of aliphatic hydroxyl groups is 1. The number of likely N-dealkylation sites (tertiary alicyclic amines) is 1. The Morgan fingerprint density at radius 2 is 1.53 bits per heavy atom. The maximum absolute atomic E-state index is 13.5. The van der Waals surface area contributed by atoms with Crippen molar-refractivity contribution in [1.82, 2.24) is 4.90 Å². The summed E-state index contributed by atoms with van der Waals surface area (Å²) in [6.45, 7) is 0.334. The van der Waals surface area contributed by atoms with Crippen molar-refractivity contribution in [3.05, 3.63) is 95.5 Å². The zero-order valence-electron chi connectivity index (χ0n) is 19.0. The van der Waals surface area contributed by atoms with E-state index in [2.05, 4.69) is 0 Å². The van der Waals surface area contributed by atoms with Crippen molar-refractivity contribution in [1.29, 1.82) is 0 Å². The number of aliphatic hydroxyl groups excluding tert-OH is 1. The van der Waals surface area contributed by atoms with Gasteiger partial charge >= 0.3 is 0 Å².